The van der Waals surface area contributed by atoms with Gasteiger partial charge in [-0.05, 0) is 17.7 Å². The first kappa shape index (κ1) is 21.4. The number of aromatic nitrogens is 2. The van der Waals surface area contributed by atoms with E-state index < -0.39 is 12.1 Å². The second-order valence-corrected chi connectivity index (χ2v) is 7.49. The number of rotatable bonds is 3. The molecule has 1 aromatic heterocycles. The molecule has 3 aliphatic rings. The maximum Gasteiger partial charge on any atom is 0.490 e. The van der Waals surface area contributed by atoms with Gasteiger partial charge in [-0.3, -0.25) is 4.90 Å². The quantitative estimate of drug-likeness (QED) is 0.765. The molecule has 0 saturated carbocycles. The van der Waals surface area contributed by atoms with Gasteiger partial charge in [-0.25, -0.2) is 4.79 Å². The summed E-state index contributed by atoms with van der Waals surface area (Å²) in [6.45, 7) is 5.60. The lowest BCUT2D eigenvalue weighted by Gasteiger charge is -2.18. The molecule has 12 heteroatoms. The van der Waals surface area contributed by atoms with Crippen LogP contribution in [0.1, 0.15) is 23.3 Å². The first-order valence-electron chi connectivity index (χ1n) is 9.53. The van der Waals surface area contributed by atoms with Gasteiger partial charge in [0.2, 0.25) is 18.6 Å². The van der Waals surface area contributed by atoms with E-state index in [9.17, 15) is 13.2 Å². The van der Waals surface area contributed by atoms with Crippen LogP contribution < -0.4 is 9.47 Å². The molecular formula is C19H20F3N3O6. The summed E-state index contributed by atoms with van der Waals surface area (Å²) in [6.07, 6.45) is -4.84. The average Bonchev–Trinajstić information content (AvgIpc) is 3.45. The molecule has 168 valence electrons. The zero-order valence-electron chi connectivity index (χ0n) is 16.5. The van der Waals surface area contributed by atoms with Crippen molar-refractivity contribution in [3.8, 4) is 11.5 Å². The van der Waals surface area contributed by atoms with Crippen molar-refractivity contribution in [3.05, 3.63) is 35.5 Å². The Morgan fingerprint density at radius 3 is 2.65 bits per heavy atom. The molecule has 31 heavy (non-hydrogen) atoms. The van der Waals surface area contributed by atoms with Crippen LogP contribution in [-0.4, -0.2) is 64.9 Å². The summed E-state index contributed by atoms with van der Waals surface area (Å²) in [5, 5.41) is 15.3. The lowest BCUT2D eigenvalue weighted by molar-refractivity contribution is -0.192. The fraction of sp³-hybridized carbons (Fsp3) is 0.526. The van der Waals surface area contributed by atoms with Crippen LogP contribution >= 0.6 is 0 Å². The molecule has 0 spiro atoms. The molecule has 0 amide bonds. The second kappa shape index (κ2) is 8.35. The van der Waals surface area contributed by atoms with Crippen molar-refractivity contribution < 1.29 is 41.7 Å². The molecule has 2 aromatic rings. The van der Waals surface area contributed by atoms with Crippen LogP contribution in [0.5, 0.6) is 11.5 Å². The van der Waals surface area contributed by atoms with Crippen molar-refractivity contribution in [2.45, 2.75) is 31.7 Å². The third-order valence-electron chi connectivity index (χ3n) is 5.34. The van der Waals surface area contributed by atoms with Crippen LogP contribution in [0.3, 0.4) is 0 Å². The third kappa shape index (κ3) is 4.74. The van der Waals surface area contributed by atoms with E-state index in [4.69, 9.17) is 28.5 Å². The lowest BCUT2D eigenvalue weighted by Crippen LogP contribution is -2.23. The number of hydrogen-bond acceptors (Lipinski definition) is 8. The van der Waals surface area contributed by atoms with Gasteiger partial charge in [-0.1, -0.05) is 6.07 Å². The van der Waals surface area contributed by atoms with Crippen LogP contribution in [0.4, 0.5) is 13.2 Å². The zero-order valence-corrected chi connectivity index (χ0v) is 16.5. The summed E-state index contributed by atoms with van der Waals surface area (Å²) in [5.41, 5.74) is 1.23. The topological polar surface area (TPSA) is 107 Å². The number of fused-ring (bicyclic) bond motifs is 2. The summed E-state index contributed by atoms with van der Waals surface area (Å²) < 4.78 is 54.2. The fourth-order valence-corrected chi connectivity index (χ4v) is 3.94. The van der Waals surface area contributed by atoms with Crippen molar-refractivity contribution in [2.24, 2.45) is 5.92 Å². The van der Waals surface area contributed by atoms with Crippen LogP contribution in [0.25, 0.3) is 0 Å². The highest BCUT2D eigenvalue weighted by Crippen LogP contribution is 2.40. The Bertz CT molecular complexity index is 950. The molecule has 1 N–H and O–H groups in total. The minimum atomic E-state index is -5.08. The average molecular weight is 443 g/mol. The lowest BCUT2D eigenvalue weighted by atomic mass is 9.93. The molecule has 1 aromatic carbocycles. The van der Waals surface area contributed by atoms with E-state index >= 15 is 0 Å². The number of carboxylic acids is 1. The number of likely N-dealkylation sites (tertiary alicyclic amines) is 1. The highest BCUT2D eigenvalue weighted by molar-refractivity contribution is 5.73. The van der Waals surface area contributed by atoms with Crippen LogP contribution in [0.15, 0.2) is 22.6 Å². The van der Waals surface area contributed by atoms with Crippen LogP contribution in [0.2, 0.25) is 0 Å². The molecule has 2 fully saturated rings. The van der Waals surface area contributed by atoms with Gasteiger partial charge in [0.1, 0.15) is 0 Å². The molecule has 0 radical (unpaired) electrons. The summed E-state index contributed by atoms with van der Waals surface area (Å²) in [5.74, 6) is 0.854. The Labute approximate surface area is 174 Å². The fourth-order valence-electron chi connectivity index (χ4n) is 3.94. The highest BCUT2D eigenvalue weighted by atomic mass is 19.4. The van der Waals surface area contributed by atoms with Gasteiger partial charge >= 0.3 is 12.1 Å². The predicted molar refractivity (Wildman–Crippen MR) is 96.5 cm³/mol. The van der Waals surface area contributed by atoms with Crippen molar-refractivity contribution >= 4 is 5.97 Å². The number of ether oxygens (including phenoxy) is 3. The monoisotopic (exact) mass is 443 g/mol. The standard InChI is InChI=1S/C17H19N3O4.C2HF3O2/c1-10-18-19-17(24-10)13-8-21-16-7-20(6-12(13)16)5-11-2-3-14-15(4-11)23-9-22-14;3-2(4,5)1(6)7/h2-4,12-13,16H,5-9H2,1H3;(H,6,7)/t12-,13+,16-;/m1./s1. The van der Waals surface area contributed by atoms with E-state index in [0.717, 1.165) is 31.1 Å². The van der Waals surface area contributed by atoms with Gasteiger partial charge in [0.25, 0.3) is 0 Å². The van der Waals surface area contributed by atoms with Crippen LogP contribution in [-0.2, 0) is 16.1 Å². The van der Waals surface area contributed by atoms with E-state index in [0.29, 0.717) is 31.1 Å². The smallest absolute Gasteiger partial charge is 0.475 e. The molecular weight excluding hydrogens is 423 g/mol. The summed E-state index contributed by atoms with van der Waals surface area (Å²) in [6, 6.07) is 6.15. The number of hydrogen-bond donors (Lipinski definition) is 1. The summed E-state index contributed by atoms with van der Waals surface area (Å²) >= 11 is 0. The van der Waals surface area contributed by atoms with Gasteiger partial charge in [-0.15, -0.1) is 10.2 Å². The molecule has 9 nitrogen and oxygen atoms in total. The normalized spacial score (nSPS) is 24.6. The Kier molecular flexibility index (Phi) is 5.75. The second-order valence-electron chi connectivity index (χ2n) is 7.49. The molecule has 0 aliphatic carbocycles. The van der Waals surface area contributed by atoms with E-state index in [1.807, 2.05) is 13.0 Å². The van der Waals surface area contributed by atoms with Gasteiger partial charge in [-0.2, -0.15) is 13.2 Å². The highest BCUT2D eigenvalue weighted by Gasteiger charge is 2.46. The molecule has 4 heterocycles. The first-order valence-corrected chi connectivity index (χ1v) is 9.53. The molecule has 3 aliphatic heterocycles. The van der Waals surface area contributed by atoms with Gasteiger partial charge in [0, 0.05) is 32.5 Å². The minimum Gasteiger partial charge on any atom is -0.475 e. The van der Waals surface area contributed by atoms with E-state index in [2.05, 4.69) is 27.2 Å². The predicted octanol–water partition coefficient (Wildman–Crippen LogP) is 2.35. The third-order valence-corrected chi connectivity index (χ3v) is 5.34. The number of alkyl halides is 3. The van der Waals surface area contributed by atoms with E-state index in [1.165, 1.54) is 5.56 Å². The van der Waals surface area contributed by atoms with Crippen molar-refractivity contribution in [1.82, 2.24) is 15.1 Å². The van der Waals surface area contributed by atoms with E-state index in [-0.39, 0.29) is 12.0 Å². The maximum atomic E-state index is 10.6. The number of carboxylic acid groups (broad SMARTS) is 1. The molecule has 3 atom stereocenters. The summed E-state index contributed by atoms with van der Waals surface area (Å²) in [4.78, 5) is 11.3. The molecule has 0 unspecified atom stereocenters. The first-order chi connectivity index (χ1) is 14.7. The van der Waals surface area contributed by atoms with Crippen LogP contribution in [0, 0.1) is 12.8 Å². The maximum absolute atomic E-state index is 10.6. The molecule has 2 saturated heterocycles. The zero-order chi connectivity index (χ0) is 22.2. The summed E-state index contributed by atoms with van der Waals surface area (Å²) in [7, 11) is 0. The molecule has 5 rings (SSSR count). The van der Waals surface area contributed by atoms with Gasteiger partial charge in [0.05, 0.1) is 18.6 Å². The van der Waals surface area contributed by atoms with Crippen molar-refractivity contribution in [3.63, 3.8) is 0 Å². The van der Waals surface area contributed by atoms with E-state index in [1.54, 1.807) is 0 Å². The number of benzene rings is 1. The number of carbonyl (C=O) groups is 1. The number of nitrogens with zero attached hydrogens (tertiary/aromatic N) is 3. The van der Waals surface area contributed by atoms with Crippen molar-refractivity contribution in [2.75, 3.05) is 26.5 Å². The Morgan fingerprint density at radius 2 is 1.97 bits per heavy atom. The minimum absolute atomic E-state index is 0.206. The Morgan fingerprint density at radius 1 is 1.23 bits per heavy atom. The van der Waals surface area contributed by atoms with Crippen molar-refractivity contribution in [1.29, 1.82) is 0 Å². The number of halogens is 3. The largest absolute Gasteiger partial charge is 0.490 e. The Hall–Kier alpha value is -2.86. The number of aryl methyl sites for hydroxylation is 1. The SMILES string of the molecule is Cc1nnc([C@H]2CO[C@@H]3CN(Cc4ccc5c(c4)OCO5)C[C@H]23)o1.O=C(O)C(F)(F)F. The van der Waals surface area contributed by atoms with Gasteiger partial charge < -0.3 is 23.7 Å². The Balaban J connectivity index is 0.000000289. The molecule has 0 bridgehead atoms. The van der Waals surface area contributed by atoms with Gasteiger partial charge in [0.15, 0.2) is 11.5 Å². The number of aliphatic carboxylic acids is 1.